The summed E-state index contributed by atoms with van der Waals surface area (Å²) in [5, 5.41) is 0. The van der Waals surface area contributed by atoms with Crippen LogP contribution in [0.5, 0.6) is 0 Å². The third kappa shape index (κ3) is 2.65. The van der Waals surface area contributed by atoms with Crippen LogP contribution in [-0.4, -0.2) is 12.5 Å². The number of hydrogen-bond donors (Lipinski definition) is 1. The van der Waals surface area contributed by atoms with Gasteiger partial charge in [0.15, 0.2) is 0 Å². The minimum atomic E-state index is -2.41. The van der Waals surface area contributed by atoms with E-state index in [4.69, 9.17) is 5.73 Å². The van der Waals surface area contributed by atoms with Gasteiger partial charge >= 0.3 is 0 Å². The highest BCUT2D eigenvalue weighted by atomic mass is 35.5. The van der Waals surface area contributed by atoms with Crippen molar-refractivity contribution in [3.05, 3.63) is 0 Å². The molecule has 0 aromatic carbocycles. The molecule has 0 heterocycles. The van der Waals surface area contributed by atoms with Gasteiger partial charge in [-0.1, -0.05) is 0 Å². The van der Waals surface area contributed by atoms with Crippen LogP contribution in [-0.2, 0) is 0 Å². The Kier molecular flexibility index (Phi) is 4.76. The Morgan fingerprint density at radius 3 is 1.78 bits per heavy atom. The quantitative estimate of drug-likeness (QED) is 0.649. The van der Waals surface area contributed by atoms with Crippen molar-refractivity contribution in [3.8, 4) is 0 Å². The lowest BCUT2D eigenvalue weighted by atomic mass is 10.4. The monoisotopic (exact) mass is 179 g/mol. The summed E-state index contributed by atoms with van der Waals surface area (Å²) in [6.45, 7) is 0.132. The first-order chi connectivity index (χ1) is 3.17. The average molecular weight is 180 g/mol. The van der Waals surface area contributed by atoms with Crippen molar-refractivity contribution in [1.82, 2.24) is 0 Å². The van der Waals surface area contributed by atoms with E-state index in [2.05, 4.69) is 0 Å². The lowest BCUT2D eigenvalue weighted by Gasteiger charge is -1.87. The summed E-state index contributed by atoms with van der Waals surface area (Å²) >= 11 is 0. The normalized spacial score (nSPS) is 27.7. The molecule has 1 nitrogen and oxygen atoms in total. The second-order valence-corrected chi connectivity index (χ2v) is 1.90. The highest BCUT2D eigenvalue weighted by Gasteiger charge is 2.55. The SMILES string of the molecule is Cl.Cl.NC[C@@H]1CC1(F)F. The summed E-state index contributed by atoms with van der Waals surface area (Å²) in [5.74, 6) is -2.91. The van der Waals surface area contributed by atoms with Crippen LogP contribution >= 0.6 is 24.8 Å². The summed E-state index contributed by atoms with van der Waals surface area (Å²) in [6.07, 6.45) is 0.00347. The van der Waals surface area contributed by atoms with Crippen molar-refractivity contribution in [2.45, 2.75) is 12.3 Å². The highest BCUT2D eigenvalue weighted by Crippen LogP contribution is 2.47. The van der Waals surface area contributed by atoms with Crippen LogP contribution in [0.4, 0.5) is 8.78 Å². The Hall–Kier alpha value is 0.400. The van der Waals surface area contributed by atoms with Crippen molar-refractivity contribution in [1.29, 1.82) is 0 Å². The fourth-order valence-corrected chi connectivity index (χ4v) is 0.525. The molecule has 1 fully saturated rings. The molecule has 0 unspecified atom stereocenters. The van der Waals surface area contributed by atoms with E-state index in [0.29, 0.717) is 0 Å². The predicted molar refractivity (Wildman–Crippen MR) is 36.6 cm³/mol. The third-order valence-electron chi connectivity index (χ3n) is 1.24. The Bertz CT molecular complexity index is 88.6. The maximum atomic E-state index is 11.7. The van der Waals surface area contributed by atoms with Gasteiger partial charge in [0, 0.05) is 18.9 Å². The number of alkyl halides is 2. The molecule has 2 N–H and O–H groups in total. The molecule has 0 bridgehead atoms. The Labute approximate surface area is 64.8 Å². The van der Waals surface area contributed by atoms with Gasteiger partial charge in [-0.05, 0) is 0 Å². The lowest BCUT2D eigenvalue weighted by Crippen LogP contribution is -2.06. The molecule has 58 valence electrons. The van der Waals surface area contributed by atoms with Crippen molar-refractivity contribution >= 4 is 24.8 Å². The van der Waals surface area contributed by atoms with Crippen LogP contribution in [0.1, 0.15) is 6.42 Å². The van der Waals surface area contributed by atoms with Gasteiger partial charge < -0.3 is 5.73 Å². The molecule has 0 saturated heterocycles. The molecular formula is C4H9Cl2F2N. The van der Waals surface area contributed by atoms with Crippen LogP contribution < -0.4 is 5.73 Å². The minimum absolute atomic E-state index is 0. The first kappa shape index (κ1) is 12.1. The van der Waals surface area contributed by atoms with E-state index in [1.54, 1.807) is 0 Å². The number of rotatable bonds is 1. The van der Waals surface area contributed by atoms with Gasteiger partial charge in [0.05, 0.1) is 0 Å². The van der Waals surface area contributed by atoms with Crippen LogP contribution in [0.2, 0.25) is 0 Å². The molecule has 0 amide bonds. The van der Waals surface area contributed by atoms with Gasteiger partial charge in [-0.15, -0.1) is 24.8 Å². The minimum Gasteiger partial charge on any atom is -0.330 e. The zero-order valence-electron chi connectivity index (χ0n) is 4.64. The van der Waals surface area contributed by atoms with E-state index in [9.17, 15) is 8.78 Å². The van der Waals surface area contributed by atoms with E-state index in [0.717, 1.165) is 0 Å². The summed E-state index contributed by atoms with van der Waals surface area (Å²) in [6, 6.07) is 0. The van der Waals surface area contributed by atoms with Crippen molar-refractivity contribution in [3.63, 3.8) is 0 Å². The van der Waals surface area contributed by atoms with Crippen LogP contribution in [0.25, 0.3) is 0 Å². The smallest absolute Gasteiger partial charge is 0.252 e. The van der Waals surface area contributed by atoms with Gasteiger partial charge in [-0.3, -0.25) is 0 Å². The van der Waals surface area contributed by atoms with E-state index in [1.165, 1.54) is 0 Å². The summed E-state index contributed by atoms with van der Waals surface area (Å²) < 4.78 is 23.4. The molecule has 0 radical (unpaired) electrons. The van der Waals surface area contributed by atoms with Gasteiger partial charge in [0.2, 0.25) is 0 Å². The standard InChI is InChI=1S/C4H7F2N.2ClH/c5-4(6)1-3(4)2-7;;/h3H,1-2,7H2;2*1H/t3-;;/m0../s1. The van der Waals surface area contributed by atoms with E-state index in [-0.39, 0.29) is 37.8 Å². The maximum Gasteiger partial charge on any atom is 0.252 e. The maximum absolute atomic E-state index is 11.7. The van der Waals surface area contributed by atoms with Crippen LogP contribution in [0.3, 0.4) is 0 Å². The highest BCUT2D eigenvalue weighted by molar-refractivity contribution is 5.85. The molecule has 1 aliphatic carbocycles. The molecule has 0 aromatic heterocycles. The first-order valence-corrected chi connectivity index (χ1v) is 2.24. The topological polar surface area (TPSA) is 26.0 Å². The second-order valence-electron chi connectivity index (χ2n) is 1.90. The van der Waals surface area contributed by atoms with Crippen LogP contribution in [0.15, 0.2) is 0 Å². The van der Waals surface area contributed by atoms with Crippen LogP contribution in [0, 0.1) is 5.92 Å². The number of halogens is 4. The Morgan fingerprint density at radius 2 is 1.78 bits per heavy atom. The first-order valence-electron chi connectivity index (χ1n) is 2.24. The fourth-order valence-electron chi connectivity index (χ4n) is 0.525. The summed E-state index contributed by atoms with van der Waals surface area (Å²) in [5.41, 5.74) is 4.93. The van der Waals surface area contributed by atoms with E-state index in [1.807, 2.05) is 0 Å². The molecule has 0 aromatic rings. The molecule has 1 atom stereocenters. The molecule has 0 spiro atoms. The summed E-state index contributed by atoms with van der Waals surface area (Å²) in [7, 11) is 0. The van der Waals surface area contributed by atoms with Gasteiger partial charge in [-0.2, -0.15) is 0 Å². The summed E-state index contributed by atoms with van der Waals surface area (Å²) in [4.78, 5) is 0. The molecule has 5 heteroatoms. The lowest BCUT2D eigenvalue weighted by molar-refractivity contribution is 0.101. The number of hydrogen-bond acceptors (Lipinski definition) is 1. The molecule has 1 rings (SSSR count). The second kappa shape index (κ2) is 3.54. The van der Waals surface area contributed by atoms with E-state index < -0.39 is 11.8 Å². The third-order valence-corrected chi connectivity index (χ3v) is 1.24. The van der Waals surface area contributed by atoms with Gasteiger partial charge in [0.25, 0.3) is 5.92 Å². The largest absolute Gasteiger partial charge is 0.330 e. The molecule has 9 heavy (non-hydrogen) atoms. The Balaban J connectivity index is 0. The predicted octanol–water partition coefficient (Wildman–Crippen LogP) is 1.44. The zero-order valence-corrected chi connectivity index (χ0v) is 6.27. The Morgan fingerprint density at radius 1 is 1.44 bits per heavy atom. The molecule has 0 aliphatic heterocycles. The average Bonchev–Trinajstić information content (AvgIpc) is 2.13. The van der Waals surface area contributed by atoms with Gasteiger partial charge in [0.1, 0.15) is 0 Å². The molecule has 1 aliphatic rings. The number of nitrogens with two attached hydrogens (primary N) is 1. The van der Waals surface area contributed by atoms with Crippen molar-refractivity contribution in [2.75, 3.05) is 6.54 Å². The molecular weight excluding hydrogens is 171 g/mol. The van der Waals surface area contributed by atoms with Gasteiger partial charge in [-0.25, -0.2) is 8.78 Å². The van der Waals surface area contributed by atoms with Crippen molar-refractivity contribution in [2.24, 2.45) is 11.7 Å². The van der Waals surface area contributed by atoms with E-state index >= 15 is 0 Å². The zero-order chi connectivity index (χ0) is 5.49. The fraction of sp³-hybridized carbons (Fsp3) is 1.00. The molecule has 1 saturated carbocycles. The van der Waals surface area contributed by atoms with Crippen molar-refractivity contribution < 1.29 is 8.78 Å².